The first-order chi connectivity index (χ1) is 15.5. The summed E-state index contributed by atoms with van der Waals surface area (Å²) in [5.41, 5.74) is 0.835. The number of ketones is 1. The molecule has 2 aromatic rings. The summed E-state index contributed by atoms with van der Waals surface area (Å²) < 4.78 is 10.7. The van der Waals surface area contributed by atoms with Gasteiger partial charge >= 0.3 is 0 Å². The molecule has 2 aromatic carbocycles. The SMILES string of the molecule is COc1ccc(OC)c(N2C(=O)[C@@H]3[C@H](C2=O)[C@@H](C(=O)c2ccc(Cl)cc2)N2CCC[C@H]32)c1. The van der Waals surface area contributed by atoms with Crippen molar-refractivity contribution in [2.24, 2.45) is 11.8 Å². The molecule has 0 unspecified atom stereocenters. The number of halogens is 1. The lowest BCUT2D eigenvalue weighted by Crippen LogP contribution is -2.46. The monoisotopic (exact) mass is 454 g/mol. The van der Waals surface area contributed by atoms with Crippen molar-refractivity contribution >= 4 is 34.9 Å². The van der Waals surface area contributed by atoms with Crippen LogP contribution in [0.2, 0.25) is 5.02 Å². The molecular weight excluding hydrogens is 432 g/mol. The van der Waals surface area contributed by atoms with E-state index in [1.54, 1.807) is 42.5 Å². The second kappa shape index (κ2) is 7.90. The molecule has 3 heterocycles. The first kappa shape index (κ1) is 21.0. The van der Waals surface area contributed by atoms with Crippen LogP contribution in [0, 0.1) is 11.8 Å². The van der Waals surface area contributed by atoms with E-state index in [1.165, 1.54) is 19.1 Å². The first-order valence-corrected chi connectivity index (χ1v) is 11.0. The van der Waals surface area contributed by atoms with Crippen LogP contribution in [0.25, 0.3) is 0 Å². The van der Waals surface area contributed by atoms with Crippen molar-refractivity contribution in [3.8, 4) is 11.5 Å². The zero-order valence-electron chi connectivity index (χ0n) is 17.8. The molecule has 0 bridgehead atoms. The molecule has 3 aliphatic heterocycles. The second-order valence-corrected chi connectivity index (χ2v) is 8.80. The van der Waals surface area contributed by atoms with Gasteiger partial charge in [0, 0.05) is 22.7 Å². The number of hydrogen-bond donors (Lipinski definition) is 0. The predicted molar refractivity (Wildman–Crippen MR) is 118 cm³/mol. The van der Waals surface area contributed by atoms with Gasteiger partial charge in [-0.15, -0.1) is 0 Å². The third-order valence-electron chi connectivity index (χ3n) is 6.88. The van der Waals surface area contributed by atoms with E-state index in [9.17, 15) is 14.4 Å². The number of nitrogens with zero attached hydrogens (tertiary/aromatic N) is 2. The lowest BCUT2D eigenvalue weighted by Gasteiger charge is -2.28. The Labute approximate surface area is 190 Å². The van der Waals surface area contributed by atoms with Crippen LogP contribution in [0.3, 0.4) is 0 Å². The largest absolute Gasteiger partial charge is 0.497 e. The van der Waals surface area contributed by atoms with Crippen molar-refractivity contribution in [1.82, 2.24) is 4.90 Å². The minimum atomic E-state index is -0.730. The average Bonchev–Trinajstić information content (AvgIpc) is 3.45. The van der Waals surface area contributed by atoms with Crippen LogP contribution in [0.1, 0.15) is 23.2 Å². The van der Waals surface area contributed by atoms with E-state index in [2.05, 4.69) is 4.90 Å². The normalized spacial score (nSPS) is 26.9. The highest BCUT2D eigenvalue weighted by molar-refractivity contribution is 6.30. The van der Waals surface area contributed by atoms with E-state index in [4.69, 9.17) is 21.1 Å². The number of rotatable bonds is 5. The second-order valence-electron chi connectivity index (χ2n) is 8.36. The topological polar surface area (TPSA) is 76.1 Å². The maximum absolute atomic E-state index is 13.7. The molecule has 3 saturated heterocycles. The minimum Gasteiger partial charge on any atom is -0.497 e. The van der Waals surface area contributed by atoms with E-state index in [-0.39, 0.29) is 23.6 Å². The van der Waals surface area contributed by atoms with Crippen LogP contribution in [0.4, 0.5) is 5.69 Å². The zero-order valence-corrected chi connectivity index (χ0v) is 18.5. The first-order valence-electron chi connectivity index (χ1n) is 10.6. The standard InChI is InChI=1S/C24H23ClN2O5/c1-31-15-9-10-18(32-2)17(12-15)27-23(29)19-16-4-3-11-26(16)21(20(19)24(27)30)22(28)13-5-7-14(25)8-6-13/h5-10,12,16,19-21H,3-4,11H2,1-2H3/t16-,19+,20+,21+/m1/s1. The van der Waals surface area contributed by atoms with Gasteiger partial charge in [0.25, 0.3) is 0 Å². The summed E-state index contributed by atoms with van der Waals surface area (Å²) >= 11 is 5.99. The highest BCUT2D eigenvalue weighted by Gasteiger charge is 2.65. The Morgan fingerprint density at radius 2 is 1.72 bits per heavy atom. The molecule has 0 saturated carbocycles. The summed E-state index contributed by atoms with van der Waals surface area (Å²) in [6.07, 6.45) is 1.68. The Morgan fingerprint density at radius 3 is 2.41 bits per heavy atom. The molecule has 0 spiro atoms. The maximum atomic E-state index is 13.7. The fraction of sp³-hybridized carbons (Fsp3) is 0.375. The molecule has 0 N–H and O–H groups in total. The summed E-state index contributed by atoms with van der Waals surface area (Å²) in [6, 6.07) is 10.9. The molecule has 2 amide bonds. The summed E-state index contributed by atoms with van der Waals surface area (Å²) in [6.45, 7) is 0.699. The fourth-order valence-corrected chi connectivity index (χ4v) is 5.64. The lowest BCUT2D eigenvalue weighted by atomic mass is 9.85. The molecule has 166 valence electrons. The van der Waals surface area contributed by atoms with Gasteiger partial charge in [-0.3, -0.25) is 19.3 Å². The van der Waals surface area contributed by atoms with E-state index in [0.29, 0.717) is 34.3 Å². The van der Waals surface area contributed by atoms with E-state index >= 15 is 0 Å². The third kappa shape index (κ3) is 3.03. The summed E-state index contributed by atoms with van der Waals surface area (Å²) in [4.78, 5) is 44.1. The van der Waals surface area contributed by atoms with Gasteiger partial charge in [-0.1, -0.05) is 11.6 Å². The van der Waals surface area contributed by atoms with Gasteiger partial charge in [-0.2, -0.15) is 0 Å². The van der Waals surface area contributed by atoms with Crippen LogP contribution < -0.4 is 14.4 Å². The van der Waals surface area contributed by atoms with Crippen LogP contribution in [0.15, 0.2) is 42.5 Å². The number of imide groups is 1. The summed E-state index contributed by atoms with van der Waals surface area (Å²) in [5, 5.41) is 0.535. The number of hydrogen-bond acceptors (Lipinski definition) is 6. The lowest BCUT2D eigenvalue weighted by molar-refractivity contribution is -0.123. The number of carbonyl (C=O) groups is 3. The highest BCUT2D eigenvalue weighted by atomic mass is 35.5. The molecule has 32 heavy (non-hydrogen) atoms. The molecule has 3 fully saturated rings. The molecule has 0 radical (unpaired) electrons. The predicted octanol–water partition coefficient (Wildman–Crippen LogP) is 3.19. The molecular formula is C24H23ClN2O5. The van der Waals surface area contributed by atoms with Crippen molar-refractivity contribution < 1.29 is 23.9 Å². The number of Topliss-reactive ketones (excluding diaryl/α,β-unsaturated/α-hetero) is 1. The number of amides is 2. The van der Waals surface area contributed by atoms with Crippen LogP contribution in [-0.2, 0) is 9.59 Å². The Balaban J connectivity index is 1.57. The van der Waals surface area contributed by atoms with E-state index < -0.39 is 17.9 Å². The third-order valence-corrected chi connectivity index (χ3v) is 7.13. The number of carbonyl (C=O) groups excluding carboxylic acids is 3. The Morgan fingerprint density at radius 1 is 1.00 bits per heavy atom. The maximum Gasteiger partial charge on any atom is 0.239 e. The zero-order chi connectivity index (χ0) is 22.6. The van der Waals surface area contributed by atoms with E-state index in [0.717, 1.165) is 12.8 Å². The van der Waals surface area contributed by atoms with E-state index in [1.807, 2.05) is 0 Å². The number of methoxy groups -OCH3 is 2. The van der Waals surface area contributed by atoms with Gasteiger partial charge in [0.05, 0.1) is 37.8 Å². The minimum absolute atomic E-state index is 0.126. The van der Waals surface area contributed by atoms with Crippen molar-refractivity contribution in [3.05, 3.63) is 53.1 Å². The van der Waals surface area contributed by atoms with Gasteiger partial charge < -0.3 is 9.47 Å². The molecule has 8 heteroatoms. The van der Waals surface area contributed by atoms with Crippen molar-refractivity contribution in [3.63, 3.8) is 0 Å². The molecule has 4 atom stereocenters. The van der Waals surface area contributed by atoms with Crippen molar-refractivity contribution in [2.45, 2.75) is 24.9 Å². The molecule has 0 aromatic heterocycles. The smallest absolute Gasteiger partial charge is 0.239 e. The number of benzene rings is 2. The summed E-state index contributed by atoms with van der Waals surface area (Å²) in [5.74, 6) is -1.18. The van der Waals surface area contributed by atoms with Crippen LogP contribution in [0.5, 0.6) is 11.5 Å². The van der Waals surface area contributed by atoms with Gasteiger partial charge in [-0.25, -0.2) is 4.90 Å². The van der Waals surface area contributed by atoms with Crippen LogP contribution in [-0.4, -0.2) is 55.3 Å². The Bertz CT molecular complexity index is 1100. The van der Waals surface area contributed by atoms with Gasteiger partial charge in [0.2, 0.25) is 11.8 Å². The Kier molecular flexibility index (Phi) is 5.18. The van der Waals surface area contributed by atoms with Gasteiger partial charge in [0.15, 0.2) is 5.78 Å². The number of fused-ring (bicyclic) bond motifs is 3. The molecule has 0 aliphatic carbocycles. The molecule has 7 nitrogen and oxygen atoms in total. The molecule has 5 rings (SSSR count). The summed E-state index contributed by atoms with van der Waals surface area (Å²) in [7, 11) is 3.01. The average molecular weight is 455 g/mol. The number of ether oxygens (including phenoxy) is 2. The van der Waals surface area contributed by atoms with Gasteiger partial charge in [-0.05, 0) is 55.8 Å². The fourth-order valence-electron chi connectivity index (χ4n) is 5.51. The van der Waals surface area contributed by atoms with Crippen molar-refractivity contribution in [2.75, 3.05) is 25.7 Å². The highest BCUT2D eigenvalue weighted by Crippen LogP contribution is 2.50. The number of anilines is 1. The quantitative estimate of drug-likeness (QED) is 0.510. The van der Waals surface area contributed by atoms with Crippen LogP contribution >= 0.6 is 11.6 Å². The van der Waals surface area contributed by atoms with Gasteiger partial charge in [0.1, 0.15) is 11.5 Å². The van der Waals surface area contributed by atoms with Crippen molar-refractivity contribution in [1.29, 1.82) is 0 Å². The molecule has 3 aliphatic rings. The Hall–Kier alpha value is -2.90.